The van der Waals surface area contributed by atoms with Gasteiger partial charge in [-0.1, -0.05) is 32.6 Å². The highest BCUT2D eigenvalue weighted by Gasteiger charge is 2.20. The molecule has 0 saturated heterocycles. The van der Waals surface area contributed by atoms with Crippen LogP contribution in [0.25, 0.3) is 0 Å². The van der Waals surface area contributed by atoms with Gasteiger partial charge >= 0.3 is 0 Å². The van der Waals surface area contributed by atoms with Crippen LogP contribution in [-0.4, -0.2) is 19.1 Å². The zero-order valence-electron chi connectivity index (χ0n) is 9.60. The molecular formula is C12H26N2. The van der Waals surface area contributed by atoms with Crippen LogP contribution in [0.5, 0.6) is 0 Å². The van der Waals surface area contributed by atoms with Crippen molar-refractivity contribution in [3.05, 3.63) is 0 Å². The Kier molecular flexibility index (Phi) is 6.20. The quantitative estimate of drug-likeness (QED) is 0.558. The van der Waals surface area contributed by atoms with Gasteiger partial charge in [0.05, 0.1) is 0 Å². The van der Waals surface area contributed by atoms with Crippen molar-refractivity contribution in [1.29, 1.82) is 0 Å². The van der Waals surface area contributed by atoms with Gasteiger partial charge in [0.1, 0.15) is 0 Å². The first-order valence-electron chi connectivity index (χ1n) is 6.30. The lowest BCUT2D eigenvalue weighted by atomic mass is 10.1. The van der Waals surface area contributed by atoms with E-state index in [1.807, 2.05) is 0 Å². The third-order valence-corrected chi connectivity index (χ3v) is 3.11. The third kappa shape index (κ3) is 5.61. The van der Waals surface area contributed by atoms with E-state index < -0.39 is 0 Å². The molecule has 0 aromatic rings. The molecule has 2 heteroatoms. The lowest BCUT2D eigenvalue weighted by molar-refractivity contribution is 0.458. The van der Waals surface area contributed by atoms with Crippen LogP contribution in [-0.2, 0) is 0 Å². The van der Waals surface area contributed by atoms with E-state index in [1.54, 1.807) is 0 Å². The molecule has 1 rings (SSSR count). The van der Waals surface area contributed by atoms with Crippen molar-refractivity contribution in [2.45, 2.75) is 57.9 Å². The fourth-order valence-corrected chi connectivity index (χ4v) is 1.86. The summed E-state index contributed by atoms with van der Waals surface area (Å²) < 4.78 is 0. The van der Waals surface area contributed by atoms with Crippen LogP contribution >= 0.6 is 0 Å². The summed E-state index contributed by atoms with van der Waals surface area (Å²) in [6, 6.07) is 0.564. The predicted octanol–water partition coefficient (Wildman–Crippen LogP) is 2.28. The van der Waals surface area contributed by atoms with Crippen LogP contribution in [0.4, 0.5) is 0 Å². The van der Waals surface area contributed by atoms with E-state index in [9.17, 15) is 0 Å². The maximum absolute atomic E-state index is 5.71. The number of nitrogens with two attached hydrogens (primary N) is 1. The van der Waals surface area contributed by atoms with Gasteiger partial charge in [0.2, 0.25) is 0 Å². The Bertz CT molecular complexity index is 132. The summed E-state index contributed by atoms with van der Waals surface area (Å²) in [7, 11) is 0. The fourth-order valence-electron chi connectivity index (χ4n) is 1.86. The molecule has 3 N–H and O–H groups in total. The molecule has 0 aliphatic heterocycles. The standard InChI is InChI=1S/C12H26N2/c1-2-3-6-12(10-13)14-9-4-5-11-7-8-11/h11-12,14H,2-10,13H2,1H3. The first-order chi connectivity index (χ1) is 6.86. The van der Waals surface area contributed by atoms with Gasteiger partial charge in [0.25, 0.3) is 0 Å². The molecule has 14 heavy (non-hydrogen) atoms. The van der Waals surface area contributed by atoms with Crippen molar-refractivity contribution in [3.8, 4) is 0 Å². The topological polar surface area (TPSA) is 38.0 Å². The number of hydrogen-bond donors (Lipinski definition) is 2. The second-order valence-electron chi connectivity index (χ2n) is 4.61. The molecule has 0 radical (unpaired) electrons. The summed E-state index contributed by atoms with van der Waals surface area (Å²) >= 11 is 0. The summed E-state index contributed by atoms with van der Waals surface area (Å²) in [4.78, 5) is 0. The summed E-state index contributed by atoms with van der Waals surface area (Å²) in [6.45, 7) is 4.20. The molecule has 0 spiro atoms. The van der Waals surface area contributed by atoms with Gasteiger partial charge < -0.3 is 11.1 Å². The van der Waals surface area contributed by atoms with E-state index in [2.05, 4.69) is 12.2 Å². The molecule has 84 valence electrons. The molecule has 1 fully saturated rings. The molecule has 0 heterocycles. The van der Waals surface area contributed by atoms with Crippen LogP contribution < -0.4 is 11.1 Å². The fraction of sp³-hybridized carbons (Fsp3) is 1.00. The van der Waals surface area contributed by atoms with Crippen LogP contribution in [0.2, 0.25) is 0 Å². The average molecular weight is 198 g/mol. The van der Waals surface area contributed by atoms with Crippen LogP contribution in [0.3, 0.4) is 0 Å². The SMILES string of the molecule is CCCCC(CN)NCCCC1CC1. The Hall–Kier alpha value is -0.0800. The molecule has 0 aromatic carbocycles. The molecule has 1 aliphatic carbocycles. The highest BCUT2D eigenvalue weighted by Crippen LogP contribution is 2.33. The van der Waals surface area contributed by atoms with Crippen molar-refractivity contribution >= 4 is 0 Å². The van der Waals surface area contributed by atoms with E-state index in [4.69, 9.17) is 5.73 Å². The number of hydrogen-bond acceptors (Lipinski definition) is 2. The highest BCUT2D eigenvalue weighted by atomic mass is 14.9. The molecule has 1 aliphatic rings. The van der Waals surface area contributed by atoms with Gasteiger partial charge in [0, 0.05) is 12.6 Å². The second-order valence-corrected chi connectivity index (χ2v) is 4.61. The minimum atomic E-state index is 0.564. The van der Waals surface area contributed by atoms with E-state index in [-0.39, 0.29) is 0 Å². The molecule has 1 atom stereocenters. The smallest absolute Gasteiger partial charge is 0.0190 e. The van der Waals surface area contributed by atoms with Crippen molar-refractivity contribution < 1.29 is 0 Å². The Morgan fingerprint density at radius 2 is 2.14 bits per heavy atom. The zero-order valence-corrected chi connectivity index (χ0v) is 9.60. The van der Waals surface area contributed by atoms with Gasteiger partial charge in [-0.2, -0.15) is 0 Å². The van der Waals surface area contributed by atoms with Gasteiger partial charge in [-0.15, -0.1) is 0 Å². The average Bonchev–Trinajstić information content (AvgIpc) is 3.01. The Balaban J connectivity index is 1.89. The van der Waals surface area contributed by atoms with E-state index in [0.717, 1.165) is 12.5 Å². The van der Waals surface area contributed by atoms with Crippen molar-refractivity contribution in [1.82, 2.24) is 5.32 Å². The maximum atomic E-state index is 5.71. The van der Waals surface area contributed by atoms with Crippen molar-refractivity contribution in [2.24, 2.45) is 11.7 Å². The Morgan fingerprint density at radius 1 is 1.36 bits per heavy atom. The summed E-state index contributed by atoms with van der Waals surface area (Å²) in [5.41, 5.74) is 5.71. The Labute approximate surface area is 88.6 Å². The molecule has 0 amide bonds. The first kappa shape index (κ1) is 12.0. The predicted molar refractivity (Wildman–Crippen MR) is 62.3 cm³/mol. The van der Waals surface area contributed by atoms with Gasteiger partial charge in [-0.25, -0.2) is 0 Å². The van der Waals surface area contributed by atoms with E-state index in [1.165, 1.54) is 51.5 Å². The highest BCUT2D eigenvalue weighted by molar-refractivity contribution is 4.74. The van der Waals surface area contributed by atoms with E-state index >= 15 is 0 Å². The van der Waals surface area contributed by atoms with Crippen LogP contribution in [0.1, 0.15) is 51.9 Å². The maximum Gasteiger partial charge on any atom is 0.0190 e. The van der Waals surface area contributed by atoms with E-state index in [0.29, 0.717) is 6.04 Å². The minimum Gasteiger partial charge on any atom is -0.329 e. The molecule has 1 saturated carbocycles. The lowest BCUT2D eigenvalue weighted by Gasteiger charge is -2.16. The summed E-state index contributed by atoms with van der Waals surface area (Å²) in [5, 5.41) is 3.56. The molecule has 1 unspecified atom stereocenters. The van der Waals surface area contributed by atoms with Crippen LogP contribution in [0, 0.1) is 5.92 Å². The number of unbranched alkanes of at least 4 members (excludes halogenated alkanes) is 1. The monoisotopic (exact) mass is 198 g/mol. The molecule has 0 aromatic heterocycles. The normalized spacial score (nSPS) is 18.4. The Morgan fingerprint density at radius 3 is 2.71 bits per heavy atom. The largest absolute Gasteiger partial charge is 0.329 e. The lowest BCUT2D eigenvalue weighted by Crippen LogP contribution is -2.36. The van der Waals surface area contributed by atoms with Gasteiger partial charge in [0.15, 0.2) is 0 Å². The molecule has 2 nitrogen and oxygen atoms in total. The van der Waals surface area contributed by atoms with Crippen LogP contribution in [0.15, 0.2) is 0 Å². The minimum absolute atomic E-state index is 0.564. The second kappa shape index (κ2) is 7.24. The first-order valence-corrected chi connectivity index (χ1v) is 6.30. The summed E-state index contributed by atoms with van der Waals surface area (Å²) in [5.74, 6) is 1.07. The van der Waals surface area contributed by atoms with Crippen molar-refractivity contribution in [3.63, 3.8) is 0 Å². The van der Waals surface area contributed by atoms with Crippen molar-refractivity contribution in [2.75, 3.05) is 13.1 Å². The molecular weight excluding hydrogens is 172 g/mol. The number of rotatable bonds is 9. The third-order valence-electron chi connectivity index (χ3n) is 3.11. The molecule has 0 bridgehead atoms. The zero-order chi connectivity index (χ0) is 10.2. The van der Waals surface area contributed by atoms with Gasteiger partial charge in [-0.05, 0) is 31.7 Å². The van der Waals surface area contributed by atoms with Gasteiger partial charge in [-0.3, -0.25) is 0 Å². The number of nitrogens with one attached hydrogen (secondary N) is 1. The summed E-state index contributed by atoms with van der Waals surface area (Å²) in [6.07, 6.45) is 9.56.